The second-order valence-corrected chi connectivity index (χ2v) is 7.06. The van der Waals surface area contributed by atoms with Gasteiger partial charge in [-0.2, -0.15) is 0 Å². The molecule has 3 rings (SSSR count). The fourth-order valence-electron chi connectivity index (χ4n) is 4.27. The third kappa shape index (κ3) is 3.85. The fraction of sp³-hybridized carbons (Fsp3) is 0.684. The number of aliphatic hydroxyl groups excluding tert-OH is 1. The van der Waals surface area contributed by atoms with Crippen LogP contribution in [0.25, 0.3) is 0 Å². The van der Waals surface area contributed by atoms with Gasteiger partial charge in [0.15, 0.2) is 0 Å². The van der Waals surface area contributed by atoms with Crippen LogP contribution in [0.1, 0.15) is 18.4 Å². The van der Waals surface area contributed by atoms with Gasteiger partial charge in [0.05, 0.1) is 14.2 Å². The van der Waals surface area contributed by atoms with Crippen LogP contribution in [-0.2, 0) is 6.54 Å². The molecule has 2 saturated heterocycles. The highest BCUT2D eigenvalue weighted by molar-refractivity contribution is 5.40. The zero-order valence-corrected chi connectivity index (χ0v) is 14.8. The molecule has 2 atom stereocenters. The Balaban J connectivity index is 1.56. The van der Waals surface area contributed by atoms with Crippen molar-refractivity contribution in [3.05, 3.63) is 23.8 Å². The van der Waals surface area contributed by atoms with E-state index in [1.807, 2.05) is 12.1 Å². The summed E-state index contributed by atoms with van der Waals surface area (Å²) in [4.78, 5) is 2.51. The minimum absolute atomic E-state index is 0.320. The Bertz CT molecular complexity index is 529. The van der Waals surface area contributed by atoms with E-state index < -0.39 is 0 Å². The zero-order valence-electron chi connectivity index (χ0n) is 14.8. The van der Waals surface area contributed by atoms with Crippen molar-refractivity contribution < 1.29 is 14.6 Å². The van der Waals surface area contributed by atoms with Crippen molar-refractivity contribution >= 4 is 0 Å². The maximum Gasteiger partial charge on any atom is 0.127 e. The van der Waals surface area contributed by atoms with Gasteiger partial charge in [0.2, 0.25) is 0 Å². The van der Waals surface area contributed by atoms with Crippen LogP contribution in [0.2, 0.25) is 0 Å². The molecule has 1 aromatic rings. The van der Waals surface area contributed by atoms with E-state index in [1.54, 1.807) is 14.2 Å². The van der Waals surface area contributed by atoms with Crippen LogP contribution in [0.5, 0.6) is 11.5 Å². The summed E-state index contributed by atoms with van der Waals surface area (Å²) in [6.45, 7) is 5.53. The molecule has 2 N–H and O–H groups in total. The molecule has 0 unspecified atom stereocenters. The first kappa shape index (κ1) is 17.5. The second kappa shape index (κ2) is 8.19. The lowest BCUT2D eigenvalue weighted by molar-refractivity contribution is 0.108. The van der Waals surface area contributed by atoms with Crippen LogP contribution < -0.4 is 14.8 Å². The highest BCUT2D eigenvalue weighted by Gasteiger charge is 2.34. The molecule has 0 amide bonds. The molecule has 5 heteroatoms. The van der Waals surface area contributed by atoms with Gasteiger partial charge < -0.3 is 19.9 Å². The molecule has 0 bridgehead atoms. The van der Waals surface area contributed by atoms with Gasteiger partial charge in [-0.05, 0) is 56.3 Å². The van der Waals surface area contributed by atoms with Crippen molar-refractivity contribution in [2.45, 2.75) is 19.4 Å². The molecule has 0 spiro atoms. The highest BCUT2D eigenvalue weighted by atomic mass is 16.5. The number of hydrogen-bond acceptors (Lipinski definition) is 5. The van der Waals surface area contributed by atoms with E-state index in [2.05, 4.69) is 16.3 Å². The van der Waals surface area contributed by atoms with Gasteiger partial charge in [-0.25, -0.2) is 0 Å². The standard InChI is InChI=1S/C19H30N2O3/c1-23-17-4-3-15(19(9-17)24-2)12-21-7-5-14(6-8-21)18-11-20-10-16(18)13-22/h3-4,9,14,16,18,20,22H,5-8,10-13H2,1-2H3/t16-,18-/m0/s1. The lowest BCUT2D eigenvalue weighted by Gasteiger charge is -2.36. The first-order valence-corrected chi connectivity index (χ1v) is 9.00. The average Bonchev–Trinajstić information content (AvgIpc) is 3.11. The normalized spacial score (nSPS) is 25.8. The van der Waals surface area contributed by atoms with Gasteiger partial charge in [-0.3, -0.25) is 4.90 Å². The van der Waals surface area contributed by atoms with E-state index in [0.717, 1.165) is 50.1 Å². The zero-order chi connectivity index (χ0) is 16.9. The molecule has 2 fully saturated rings. The van der Waals surface area contributed by atoms with Crippen molar-refractivity contribution in [2.24, 2.45) is 17.8 Å². The summed E-state index contributed by atoms with van der Waals surface area (Å²) in [6, 6.07) is 6.06. The van der Waals surface area contributed by atoms with Gasteiger partial charge in [0, 0.05) is 31.3 Å². The third-order valence-electron chi connectivity index (χ3n) is 5.75. The number of rotatable bonds is 6. The molecule has 0 radical (unpaired) electrons. The van der Waals surface area contributed by atoms with E-state index in [4.69, 9.17) is 9.47 Å². The maximum atomic E-state index is 9.54. The van der Waals surface area contributed by atoms with E-state index >= 15 is 0 Å². The van der Waals surface area contributed by atoms with E-state index in [1.165, 1.54) is 18.4 Å². The Kier molecular flexibility index (Phi) is 5.98. The molecule has 5 nitrogen and oxygen atoms in total. The summed E-state index contributed by atoms with van der Waals surface area (Å²) < 4.78 is 10.8. The lowest BCUT2D eigenvalue weighted by Crippen LogP contribution is -2.38. The Morgan fingerprint density at radius 2 is 1.96 bits per heavy atom. The molecule has 2 aliphatic heterocycles. The molecule has 2 aliphatic rings. The third-order valence-corrected chi connectivity index (χ3v) is 5.75. The molecular formula is C19H30N2O3. The first-order valence-electron chi connectivity index (χ1n) is 9.00. The first-order chi connectivity index (χ1) is 11.7. The SMILES string of the molecule is COc1ccc(CN2CCC([C@@H]3CNC[C@H]3CO)CC2)c(OC)c1. The van der Waals surface area contributed by atoms with Gasteiger partial charge in [-0.1, -0.05) is 6.07 Å². The molecule has 24 heavy (non-hydrogen) atoms. The van der Waals surface area contributed by atoms with E-state index in [9.17, 15) is 5.11 Å². The largest absolute Gasteiger partial charge is 0.497 e. The van der Waals surface area contributed by atoms with Gasteiger partial charge >= 0.3 is 0 Å². The summed E-state index contributed by atoms with van der Waals surface area (Å²) in [5.74, 6) is 3.57. The van der Waals surface area contributed by atoms with Gasteiger partial charge in [0.25, 0.3) is 0 Å². The summed E-state index contributed by atoms with van der Waals surface area (Å²) in [6.07, 6.45) is 2.45. The number of aliphatic hydroxyl groups is 1. The number of ether oxygens (including phenoxy) is 2. The minimum Gasteiger partial charge on any atom is -0.497 e. The molecule has 134 valence electrons. The molecule has 0 saturated carbocycles. The lowest BCUT2D eigenvalue weighted by atomic mass is 9.79. The topological polar surface area (TPSA) is 54.0 Å². The summed E-state index contributed by atoms with van der Waals surface area (Å²) in [5, 5.41) is 13.0. The van der Waals surface area contributed by atoms with Crippen molar-refractivity contribution in [2.75, 3.05) is 47.0 Å². The number of likely N-dealkylation sites (tertiary alicyclic amines) is 1. The highest BCUT2D eigenvalue weighted by Crippen LogP contribution is 2.33. The average molecular weight is 334 g/mol. The Morgan fingerprint density at radius 3 is 2.62 bits per heavy atom. The molecule has 0 aliphatic carbocycles. The van der Waals surface area contributed by atoms with Crippen LogP contribution >= 0.6 is 0 Å². The maximum absolute atomic E-state index is 9.54. The number of benzene rings is 1. The summed E-state index contributed by atoms with van der Waals surface area (Å²) >= 11 is 0. The van der Waals surface area contributed by atoms with Crippen LogP contribution in [0.3, 0.4) is 0 Å². The Hall–Kier alpha value is -1.30. The number of hydrogen-bond donors (Lipinski definition) is 2. The minimum atomic E-state index is 0.320. The van der Waals surface area contributed by atoms with Crippen LogP contribution in [-0.4, -0.2) is 57.0 Å². The van der Waals surface area contributed by atoms with E-state index in [-0.39, 0.29) is 0 Å². The van der Waals surface area contributed by atoms with Crippen molar-refractivity contribution in [1.29, 1.82) is 0 Å². The van der Waals surface area contributed by atoms with E-state index in [0.29, 0.717) is 18.4 Å². The molecular weight excluding hydrogens is 304 g/mol. The smallest absolute Gasteiger partial charge is 0.127 e. The van der Waals surface area contributed by atoms with Crippen LogP contribution in [0, 0.1) is 17.8 Å². The van der Waals surface area contributed by atoms with Crippen LogP contribution in [0.15, 0.2) is 18.2 Å². The predicted octanol–water partition coefficient (Wildman–Crippen LogP) is 1.74. The Morgan fingerprint density at radius 1 is 1.17 bits per heavy atom. The fourth-order valence-corrected chi connectivity index (χ4v) is 4.27. The predicted molar refractivity (Wildman–Crippen MR) is 94.5 cm³/mol. The monoisotopic (exact) mass is 334 g/mol. The summed E-state index contributed by atoms with van der Waals surface area (Å²) in [7, 11) is 3.39. The number of piperidine rings is 1. The van der Waals surface area contributed by atoms with Crippen molar-refractivity contribution in [3.8, 4) is 11.5 Å². The van der Waals surface area contributed by atoms with Gasteiger partial charge in [-0.15, -0.1) is 0 Å². The summed E-state index contributed by atoms with van der Waals surface area (Å²) in [5.41, 5.74) is 1.22. The number of nitrogens with zero attached hydrogens (tertiary/aromatic N) is 1. The number of methoxy groups -OCH3 is 2. The van der Waals surface area contributed by atoms with Crippen molar-refractivity contribution in [3.63, 3.8) is 0 Å². The van der Waals surface area contributed by atoms with Crippen molar-refractivity contribution in [1.82, 2.24) is 10.2 Å². The van der Waals surface area contributed by atoms with Gasteiger partial charge in [0.1, 0.15) is 11.5 Å². The quantitative estimate of drug-likeness (QED) is 0.830. The molecule has 2 heterocycles. The molecule has 1 aromatic carbocycles. The Labute approximate surface area is 144 Å². The second-order valence-electron chi connectivity index (χ2n) is 7.06. The molecule has 0 aromatic heterocycles. The number of nitrogens with one attached hydrogen (secondary N) is 1. The van der Waals surface area contributed by atoms with Crippen LogP contribution in [0.4, 0.5) is 0 Å².